The van der Waals surface area contributed by atoms with Gasteiger partial charge in [0.1, 0.15) is 5.69 Å². The standard InChI is InChI=1S/C19H21N7O/c1-14(27)22-16-7-5-15(6-8-16)18-13-26(24-23-18)17-4-2-11-25(12-17)19-20-9-3-10-21-19/h3,5-10,13,17H,2,4,11-12H2,1H3,(H,22,27)/t17-/m1/s1. The van der Waals surface area contributed by atoms with E-state index in [1.165, 1.54) is 6.92 Å². The van der Waals surface area contributed by atoms with Crippen LogP contribution in [0.25, 0.3) is 11.3 Å². The average Bonchev–Trinajstić information content (AvgIpc) is 3.19. The molecule has 0 spiro atoms. The molecule has 8 heteroatoms. The third-order valence-electron chi connectivity index (χ3n) is 4.62. The summed E-state index contributed by atoms with van der Waals surface area (Å²) in [4.78, 5) is 22.0. The second kappa shape index (κ2) is 7.53. The Labute approximate surface area is 157 Å². The molecule has 1 aromatic carbocycles. The summed E-state index contributed by atoms with van der Waals surface area (Å²) in [5, 5.41) is 11.4. The molecule has 8 nitrogen and oxygen atoms in total. The van der Waals surface area contributed by atoms with Crippen molar-refractivity contribution in [1.82, 2.24) is 25.0 Å². The van der Waals surface area contributed by atoms with E-state index in [0.717, 1.165) is 48.8 Å². The van der Waals surface area contributed by atoms with Gasteiger partial charge in [0.05, 0.1) is 12.2 Å². The van der Waals surface area contributed by atoms with E-state index in [1.54, 1.807) is 12.4 Å². The first kappa shape index (κ1) is 17.1. The number of nitrogens with zero attached hydrogens (tertiary/aromatic N) is 6. The summed E-state index contributed by atoms with van der Waals surface area (Å²) in [5.74, 6) is 0.675. The summed E-state index contributed by atoms with van der Waals surface area (Å²) in [5.41, 5.74) is 2.55. The van der Waals surface area contributed by atoms with Crippen LogP contribution in [0.4, 0.5) is 11.6 Å². The van der Waals surface area contributed by atoms with E-state index in [1.807, 2.05) is 41.2 Å². The zero-order valence-corrected chi connectivity index (χ0v) is 15.1. The van der Waals surface area contributed by atoms with Gasteiger partial charge in [0.15, 0.2) is 0 Å². The molecule has 3 heterocycles. The Balaban J connectivity index is 1.48. The van der Waals surface area contributed by atoms with Crippen LogP contribution in [-0.2, 0) is 4.79 Å². The van der Waals surface area contributed by atoms with Crippen molar-refractivity contribution in [3.63, 3.8) is 0 Å². The molecule has 0 radical (unpaired) electrons. The fraction of sp³-hybridized carbons (Fsp3) is 0.316. The monoisotopic (exact) mass is 363 g/mol. The summed E-state index contributed by atoms with van der Waals surface area (Å²) in [7, 11) is 0. The van der Waals surface area contributed by atoms with Crippen LogP contribution in [0.15, 0.2) is 48.9 Å². The Hall–Kier alpha value is -3.29. The number of carbonyl (C=O) groups excluding carboxylic acids is 1. The maximum absolute atomic E-state index is 11.1. The maximum Gasteiger partial charge on any atom is 0.225 e. The molecule has 0 aliphatic carbocycles. The molecule has 0 unspecified atom stereocenters. The molecule has 1 aliphatic rings. The lowest BCUT2D eigenvalue weighted by molar-refractivity contribution is -0.114. The molecule has 1 N–H and O–H groups in total. The topological polar surface area (TPSA) is 88.8 Å². The third-order valence-corrected chi connectivity index (χ3v) is 4.62. The van der Waals surface area contributed by atoms with E-state index in [2.05, 4.69) is 30.5 Å². The fourth-order valence-electron chi connectivity index (χ4n) is 3.32. The van der Waals surface area contributed by atoms with Gasteiger partial charge < -0.3 is 10.2 Å². The van der Waals surface area contributed by atoms with Crippen LogP contribution in [-0.4, -0.2) is 44.0 Å². The van der Waals surface area contributed by atoms with Crippen molar-refractivity contribution in [2.45, 2.75) is 25.8 Å². The minimum atomic E-state index is -0.0852. The molecule has 2 aromatic heterocycles. The van der Waals surface area contributed by atoms with Crippen molar-refractivity contribution < 1.29 is 4.79 Å². The molecule has 27 heavy (non-hydrogen) atoms. The van der Waals surface area contributed by atoms with Crippen LogP contribution in [0, 0.1) is 0 Å². The summed E-state index contributed by atoms with van der Waals surface area (Å²) < 4.78 is 1.94. The van der Waals surface area contributed by atoms with Gasteiger partial charge in [-0.15, -0.1) is 5.10 Å². The quantitative estimate of drug-likeness (QED) is 0.766. The molecule has 1 atom stereocenters. The van der Waals surface area contributed by atoms with Crippen LogP contribution in [0.5, 0.6) is 0 Å². The van der Waals surface area contributed by atoms with E-state index in [-0.39, 0.29) is 11.9 Å². The highest BCUT2D eigenvalue weighted by atomic mass is 16.1. The van der Waals surface area contributed by atoms with Crippen molar-refractivity contribution in [3.8, 4) is 11.3 Å². The maximum atomic E-state index is 11.1. The van der Waals surface area contributed by atoms with Gasteiger partial charge in [-0.25, -0.2) is 14.6 Å². The normalized spacial score (nSPS) is 16.9. The first-order chi connectivity index (χ1) is 13.2. The van der Waals surface area contributed by atoms with Crippen molar-refractivity contribution in [2.75, 3.05) is 23.3 Å². The van der Waals surface area contributed by atoms with E-state index in [4.69, 9.17) is 0 Å². The Morgan fingerprint density at radius 2 is 1.96 bits per heavy atom. The number of rotatable bonds is 4. The van der Waals surface area contributed by atoms with Crippen LogP contribution in [0.2, 0.25) is 0 Å². The molecule has 138 valence electrons. The highest BCUT2D eigenvalue weighted by Crippen LogP contribution is 2.25. The average molecular weight is 363 g/mol. The number of hydrogen-bond donors (Lipinski definition) is 1. The number of hydrogen-bond acceptors (Lipinski definition) is 6. The molecule has 1 saturated heterocycles. The molecule has 0 bridgehead atoms. The summed E-state index contributed by atoms with van der Waals surface area (Å²) in [6, 6.07) is 9.67. The van der Waals surface area contributed by atoms with Gasteiger partial charge in [0.25, 0.3) is 0 Å². The number of benzene rings is 1. The lowest BCUT2D eigenvalue weighted by atomic mass is 10.1. The first-order valence-electron chi connectivity index (χ1n) is 9.01. The molecule has 4 rings (SSSR count). The number of anilines is 2. The van der Waals surface area contributed by atoms with Crippen molar-refractivity contribution >= 4 is 17.5 Å². The Kier molecular flexibility index (Phi) is 4.78. The zero-order valence-electron chi connectivity index (χ0n) is 15.1. The van der Waals surface area contributed by atoms with Gasteiger partial charge in [0.2, 0.25) is 11.9 Å². The molecule has 1 aliphatic heterocycles. The van der Waals surface area contributed by atoms with Gasteiger partial charge in [-0.3, -0.25) is 4.79 Å². The minimum Gasteiger partial charge on any atom is -0.339 e. The number of nitrogens with one attached hydrogen (secondary N) is 1. The minimum absolute atomic E-state index is 0.0852. The number of amides is 1. The van der Waals surface area contributed by atoms with Crippen molar-refractivity contribution in [1.29, 1.82) is 0 Å². The smallest absolute Gasteiger partial charge is 0.225 e. The SMILES string of the molecule is CC(=O)Nc1ccc(-c2cn([C@@H]3CCCN(c4ncccn4)C3)nn2)cc1. The number of aromatic nitrogens is 5. The summed E-state index contributed by atoms with van der Waals surface area (Å²) in [6.07, 6.45) is 7.62. The predicted octanol–water partition coefficient (Wildman–Crippen LogP) is 2.54. The summed E-state index contributed by atoms with van der Waals surface area (Å²) >= 11 is 0. The lowest BCUT2D eigenvalue weighted by Gasteiger charge is -2.32. The summed E-state index contributed by atoms with van der Waals surface area (Å²) in [6.45, 7) is 3.26. The number of carbonyl (C=O) groups is 1. The van der Waals surface area contributed by atoms with Gasteiger partial charge in [0, 0.05) is 43.7 Å². The van der Waals surface area contributed by atoms with Gasteiger partial charge >= 0.3 is 0 Å². The van der Waals surface area contributed by atoms with Gasteiger partial charge in [-0.1, -0.05) is 17.3 Å². The number of piperidine rings is 1. The fourth-order valence-corrected chi connectivity index (χ4v) is 3.32. The van der Waals surface area contributed by atoms with Gasteiger partial charge in [-0.2, -0.15) is 0 Å². The van der Waals surface area contributed by atoms with Gasteiger partial charge in [-0.05, 0) is 31.0 Å². The van der Waals surface area contributed by atoms with Crippen LogP contribution in [0.1, 0.15) is 25.8 Å². The third kappa shape index (κ3) is 3.94. The molecule has 1 fully saturated rings. The highest BCUT2D eigenvalue weighted by Gasteiger charge is 2.24. The Morgan fingerprint density at radius 1 is 1.19 bits per heavy atom. The van der Waals surface area contributed by atoms with Crippen LogP contribution >= 0.6 is 0 Å². The molecule has 0 saturated carbocycles. The first-order valence-corrected chi connectivity index (χ1v) is 9.01. The molecule has 3 aromatic rings. The van der Waals surface area contributed by atoms with E-state index < -0.39 is 0 Å². The van der Waals surface area contributed by atoms with E-state index >= 15 is 0 Å². The molecular formula is C19H21N7O. The Bertz CT molecular complexity index is 907. The van der Waals surface area contributed by atoms with Crippen LogP contribution in [0.3, 0.4) is 0 Å². The van der Waals surface area contributed by atoms with E-state index in [0.29, 0.717) is 0 Å². The zero-order chi connectivity index (χ0) is 18.6. The predicted molar refractivity (Wildman–Crippen MR) is 102 cm³/mol. The highest BCUT2D eigenvalue weighted by molar-refractivity contribution is 5.88. The largest absolute Gasteiger partial charge is 0.339 e. The van der Waals surface area contributed by atoms with Crippen LogP contribution < -0.4 is 10.2 Å². The molecular weight excluding hydrogens is 342 g/mol. The second-order valence-corrected chi connectivity index (χ2v) is 6.63. The van der Waals surface area contributed by atoms with Crippen molar-refractivity contribution in [3.05, 3.63) is 48.9 Å². The van der Waals surface area contributed by atoms with E-state index in [9.17, 15) is 4.79 Å². The Morgan fingerprint density at radius 3 is 2.70 bits per heavy atom. The van der Waals surface area contributed by atoms with Crippen molar-refractivity contribution in [2.24, 2.45) is 0 Å². The second-order valence-electron chi connectivity index (χ2n) is 6.63. The lowest BCUT2D eigenvalue weighted by Crippen LogP contribution is -2.37. The molecule has 1 amide bonds.